The first-order valence-electron chi connectivity index (χ1n) is 7.67. The molecule has 3 rings (SSSR count). The number of para-hydroxylation sites is 1. The molecule has 1 amide bonds. The van der Waals surface area contributed by atoms with Crippen molar-refractivity contribution in [2.24, 2.45) is 0 Å². The Morgan fingerprint density at radius 3 is 2.78 bits per heavy atom. The molecule has 0 unspecified atom stereocenters. The smallest absolute Gasteiger partial charge is 0.422 e. The minimum absolute atomic E-state index is 0.116. The lowest BCUT2D eigenvalue weighted by Gasteiger charge is -2.12. The predicted octanol–water partition coefficient (Wildman–Crippen LogP) is 2.88. The highest BCUT2D eigenvalue weighted by atomic mass is 19.4. The largest absolute Gasteiger partial charge is 0.483 e. The van der Waals surface area contributed by atoms with Gasteiger partial charge in [0.2, 0.25) is 5.91 Å². The van der Waals surface area contributed by atoms with Crippen molar-refractivity contribution in [1.29, 1.82) is 5.26 Å². The Morgan fingerprint density at radius 1 is 1.26 bits per heavy atom. The molecule has 138 valence electrons. The van der Waals surface area contributed by atoms with Crippen LogP contribution in [0.3, 0.4) is 0 Å². The number of hydrogen-bond acceptors (Lipinski definition) is 5. The van der Waals surface area contributed by atoms with Gasteiger partial charge >= 0.3 is 6.18 Å². The van der Waals surface area contributed by atoms with Gasteiger partial charge in [0.05, 0.1) is 11.1 Å². The fourth-order valence-corrected chi connectivity index (χ4v) is 2.35. The first-order valence-corrected chi connectivity index (χ1v) is 7.67. The van der Waals surface area contributed by atoms with Crippen molar-refractivity contribution in [1.82, 2.24) is 15.0 Å². The summed E-state index contributed by atoms with van der Waals surface area (Å²) in [5, 5.41) is 19.5. The summed E-state index contributed by atoms with van der Waals surface area (Å²) in [5.74, 6) is -0.645. The van der Waals surface area contributed by atoms with Crippen molar-refractivity contribution in [3.63, 3.8) is 0 Å². The second-order valence-corrected chi connectivity index (χ2v) is 5.51. The van der Waals surface area contributed by atoms with Crippen molar-refractivity contribution in [3.8, 4) is 11.8 Å². The molecule has 0 aliphatic rings. The Balaban J connectivity index is 1.70. The van der Waals surface area contributed by atoms with Crippen LogP contribution in [-0.4, -0.2) is 33.7 Å². The second-order valence-electron chi connectivity index (χ2n) is 5.51. The van der Waals surface area contributed by atoms with Crippen molar-refractivity contribution in [2.75, 3.05) is 11.9 Å². The average molecular weight is 375 g/mol. The number of nitriles is 1. The molecule has 0 bridgehead atoms. The Labute approximate surface area is 151 Å². The molecule has 0 spiro atoms. The first kappa shape index (κ1) is 18.2. The SMILES string of the molecule is N#Cc1cc(NC(=O)Cn2nnc3ccccc32)ccc1OCC(F)(F)F. The summed E-state index contributed by atoms with van der Waals surface area (Å²) in [6.45, 7) is -1.62. The van der Waals surface area contributed by atoms with Crippen LogP contribution in [0.25, 0.3) is 11.0 Å². The molecule has 0 aliphatic heterocycles. The van der Waals surface area contributed by atoms with Crippen molar-refractivity contribution < 1.29 is 22.7 Å². The van der Waals surface area contributed by atoms with Crippen LogP contribution >= 0.6 is 0 Å². The molecule has 0 saturated heterocycles. The number of carbonyl (C=O) groups is 1. The van der Waals surface area contributed by atoms with E-state index < -0.39 is 18.7 Å². The number of fused-ring (bicyclic) bond motifs is 1. The number of alkyl halides is 3. The highest BCUT2D eigenvalue weighted by Crippen LogP contribution is 2.25. The fraction of sp³-hybridized carbons (Fsp3) is 0.176. The minimum atomic E-state index is -4.51. The van der Waals surface area contributed by atoms with E-state index in [0.29, 0.717) is 11.0 Å². The molecule has 7 nitrogen and oxygen atoms in total. The van der Waals surface area contributed by atoms with Gasteiger partial charge < -0.3 is 10.1 Å². The fourth-order valence-electron chi connectivity index (χ4n) is 2.35. The molecule has 3 aromatic rings. The number of aromatic nitrogens is 3. The maximum atomic E-state index is 12.2. The van der Waals surface area contributed by atoms with Gasteiger partial charge in [-0.25, -0.2) is 4.68 Å². The Kier molecular flexibility index (Phi) is 4.94. The number of anilines is 1. The number of nitrogens with one attached hydrogen (secondary N) is 1. The molecular formula is C17H12F3N5O2. The molecule has 10 heteroatoms. The average Bonchev–Trinajstić information content (AvgIpc) is 3.02. The van der Waals surface area contributed by atoms with Crippen molar-refractivity contribution in [2.45, 2.75) is 12.7 Å². The van der Waals surface area contributed by atoms with E-state index in [0.717, 1.165) is 0 Å². The Morgan fingerprint density at radius 2 is 2.04 bits per heavy atom. The van der Waals surface area contributed by atoms with Crippen molar-refractivity contribution >= 4 is 22.6 Å². The highest BCUT2D eigenvalue weighted by molar-refractivity contribution is 5.91. The predicted molar refractivity (Wildman–Crippen MR) is 88.9 cm³/mol. The quantitative estimate of drug-likeness (QED) is 0.740. The summed E-state index contributed by atoms with van der Waals surface area (Å²) in [7, 11) is 0. The van der Waals surface area contributed by atoms with Crippen LogP contribution in [-0.2, 0) is 11.3 Å². The third-order valence-corrected chi connectivity index (χ3v) is 3.49. The van der Waals surface area contributed by atoms with Crippen LogP contribution in [0.1, 0.15) is 5.56 Å². The van der Waals surface area contributed by atoms with Gasteiger partial charge in [0.25, 0.3) is 0 Å². The van der Waals surface area contributed by atoms with Gasteiger partial charge in [-0.05, 0) is 30.3 Å². The lowest BCUT2D eigenvalue weighted by Crippen LogP contribution is -2.20. The van der Waals surface area contributed by atoms with Gasteiger partial charge in [-0.2, -0.15) is 18.4 Å². The molecule has 27 heavy (non-hydrogen) atoms. The highest BCUT2D eigenvalue weighted by Gasteiger charge is 2.28. The zero-order chi connectivity index (χ0) is 19.4. The Bertz CT molecular complexity index is 1020. The normalized spacial score (nSPS) is 11.2. The number of amides is 1. The van der Waals surface area contributed by atoms with E-state index >= 15 is 0 Å². The van der Waals surface area contributed by atoms with Gasteiger partial charge in [-0.15, -0.1) is 5.10 Å². The standard InChI is InChI=1S/C17H12F3N5O2/c18-17(19,20)10-27-15-6-5-12(7-11(15)8-21)22-16(26)9-25-14-4-2-1-3-13(14)23-24-25/h1-7H,9-10H2,(H,22,26). The summed E-state index contributed by atoms with van der Waals surface area (Å²) in [6.07, 6.45) is -4.51. The lowest BCUT2D eigenvalue weighted by molar-refractivity contribution is -0.153. The molecule has 1 heterocycles. The maximum Gasteiger partial charge on any atom is 0.422 e. The van der Waals surface area contributed by atoms with Crippen LogP contribution in [0, 0.1) is 11.3 Å². The number of hydrogen-bond donors (Lipinski definition) is 1. The van der Waals surface area contributed by atoms with E-state index in [-0.39, 0.29) is 23.5 Å². The molecular weight excluding hydrogens is 363 g/mol. The van der Waals surface area contributed by atoms with Crippen molar-refractivity contribution in [3.05, 3.63) is 48.0 Å². The molecule has 2 aromatic carbocycles. The molecule has 1 aromatic heterocycles. The van der Waals surface area contributed by atoms with E-state index in [9.17, 15) is 18.0 Å². The van der Waals surface area contributed by atoms with Crippen LogP contribution < -0.4 is 10.1 Å². The monoisotopic (exact) mass is 375 g/mol. The number of nitrogens with zero attached hydrogens (tertiary/aromatic N) is 4. The Hall–Kier alpha value is -3.61. The van der Waals surface area contributed by atoms with E-state index in [4.69, 9.17) is 5.26 Å². The zero-order valence-electron chi connectivity index (χ0n) is 13.7. The third kappa shape index (κ3) is 4.52. The minimum Gasteiger partial charge on any atom is -0.483 e. The molecule has 0 saturated carbocycles. The summed E-state index contributed by atoms with van der Waals surface area (Å²) >= 11 is 0. The first-order chi connectivity index (χ1) is 12.9. The van der Waals surface area contributed by atoms with Gasteiger partial charge in [0.15, 0.2) is 6.61 Å². The van der Waals surface area contributed by atoms with Crippen LogP contribution in [0.5, 0.6) is 5.75 Å². The van der Waals surface area contributed by atoms with E-state index in [1.165, 1.54) is 22.9 Å². The number of carbonyl (C=O) groups excluding carboxylic acids is 1. The lowest BCUT2D eigenvalue weighted by atomic mass is 10.2. The van der Waals surface area contributed by atoms with Gasteiger partial charge in [0, 0.05) is 5.69 Å². The van der Waals surface area contributed by atoms with E-state index in [2.05, 4.69) is 20.4 Å². The van der Waals surface area contributed by atoms with Crippen LogP contribution in [0.2, 0.25) is 0 Å². The van der Waals surface area contributed by atoms with Gasteiger partial charge in [-0.1, -0.05) is 17.3 Å². The van der Waals surface area contributed by atoms with E-state index in [1.807, 2.05) is 0 Å². The topological polar surface area (TPSA) is 92.8 Å². The summed E-state index contributed by atoms with van der Waals surface area (Å²) < 4.78 is 42.7. The number of ether oxygens (including phenoxy) is 1. The summed E-state index contributed by atoms with van der Waals surface area (Å²) in [4.78, 5) is 12.2. The number of halogens is 3. The van der Waals surface area contributed by atoms with E-state index in [1.54, 1.807) is 30.3 Å². The molecule has 0 fully saturated rings. The number of benzene rings is 2. The second kappa shape index (κ2) is 7.33. The molecule has 0 aliphatic carbocycles. The zero-order valence-corrected chi connectivity index (χ0v) is 13.7. The summed E-state index contributed by atoms with van der Waals surface area (Å²) in [5.41, 5.74) is 1.45. The molecule has 0 atom stereocenters. The summed E-state index contributed by atoms with van der Waals surface area (Å²) in [6, 6.07) is 12.6. The van der Waals surface area contributed by atoms with Gasteiger partial charge in [0.1, 0.15) is 23.9 Å². The van der Waals surface area contributed by atoms with Crippen LogP contribution in [0.15, 0.2) is 42.5 Å². The number of rotatable bonds is 5. The maximum absolute atomic E-state index is 12.2. The van der Waals surface area contributed by atoms with Gasteiger partial charge in [-0.3, -0.25) is 4.79 Å². The molecule has 0 radical (unpaired) electrons. The molecule has 1 N–H and O–H groups in total. The third-order valence-electron chi connectivity index (χ3n) is 3.49. The van der Waals surface area contributed by atoms with Crippen LogP contribution in [0.4, 0.5) is 18.9 Å².